The quantitative estimate of drug-likeness (QED) is 0.906. The van der Waals surface area contributed by atoms with E-state index in [0.29, 0.717) is 6.42 Å². The SMILES string of the molecule is CCNC(Cc1ccc(F)c(F)c1)c1csc(C)n1. The summed E-state index contributed by atoms with van der Waals surface area (Å²) in [7, 11) is 0. The normalized spacial score (nSPS) is 12.6. The Hall–Kier alpha value is -1.33. The van der Waals surface area contributed by atoms with Crippen LogP contribution in [0.5, 0.6) is 0 Å². The highest BCUT2D eigenvalue weighted by Crippen LogP contribution is 2.21. The lowest BCUT2D eigenvalue weighted by Gasteiger charge is -2.16. The lowest BCUT2D eigenvalue weighted by Crippen LogP contribution is -2.23. The molecule has 1 atom stereocenters. The number of halogens is 2. The van der Waals surface area contributed by atoms with Crippen molar-refractivity contribution < 1.29 is 8.78 Å². The predicted molar refractivity (Wildman–Crippen MR) is 73.3 cm³/mol. The highest BCUT2D eigenvalue weighted by Gasteiger charge is 2.15. The van der Waals surface area contributed by atoms with Crippen molar-refractivity contribution in [3.8, 4) is 0 Å². The maximum Gasteiger partial charge on any atom is 0.159 e. The van der Waals surface area contributed by atoms with E-state index in [-0.39, 0.29) is 6.04 Å². The highest BCUT2D eigenvalue weighted by atomic mass is 32.1. The fourth-order valence-corrected chi connectivity index (χ4v) is 2.64. The van der Waals surface area contributed by atoms with Crippen LogP contribution in [-0.4, -0.2) is 11.5 Å². The third-order valence-electron chi connectivity index (χ3n) is 2.87. The number of likely N-dealkylation sites (N-methyl/N-ethyl adjacent to an activating group) is 1. The van der Waals surface area contributed by atoms with Crippen molar-refractivity contribution in [1.82, 2.24) is 10.3 Å². The highest BCUT2D eigenvalue weighted by molar-refractivity contribution is 7.09. The maximum atomic E-state index is 13.2. The molecule has 1 aromatic heterocycles. The van der Waals surface area contributed by atoms with Crippen LogP contribution in [0, 0.1) is 18.6 Å². The molecule has 0 radical (unpaired) electrons. The maximum absolute atomic E-state index is 13.2. The Bertz CT molecular complexity index is 554. The van der Waals surface area contributed by atoms with E-state index in [9.17, 15) is 8.78 Å². The zero-order valence-electron chi connectivity index (χ0n) is 10.9. The van der Waals surface area contributed by atoms with E-state index >= 15 is 0 Å². The van der Waals surface area contributed by atoms with E-state index < -0.39 is 11.6 Å². The molecule has 1 unspecified atom stereocenters. The molecule has 1 heterocycles. The predicted octanol–water partition coefficient (Wildman–Crippen LogP) is 3.62. The second-order valence-corrected chi connectivity index (χ2v) is 5.42. The molecule has 0 fully saturated rings. The van der Waals surface area contributed by atoms with Gasteiger partial charge in [0.1, 0.15) is 0 Å². The molecule has 5 heteroatoms. The van der Waals surface area contributed by atoms with Crippen molar-refractivity contribution in [2.24, 2.45) is 0 Å². The number of thiazole rings is 1. The molecule has 0 aliphatic carbocycles. The van der Waals surface area contributed by atoms with Crippen molar-refractivity contribution in [3.63, 3.8) is 0 Å². The minimum Gasteiger partial charge on any atom is -0.309 e. The van der Waals surface area contributed by atoms with Gasteiger partial charge in [-0.2, -0.15) is 0 Å². The van der Waals surface area contributed by atoms with Gasteiger partial charge in [0.05, 0.1) is 16.7 Å². The van der Waals surface area contributed by atoms with Crippen LogP contribution in [0.25, 0.3) is 0 Å². The molecule has 0 aliphatic heterocycles. The Balaban J connectivity index is 2.18. The summed E-state index contributed by atoms with van der Waals surface area (Å²) < 4.78 is 26.1. The summed E-state index contributed by atoms with van der Waals surface area (Å²) in [5, 5.41) is 6.33. The van der Waals surface area contributed by atoms with Gasteiger partial charge in [0.2, 0.25) is 0 Å². The molecular weight excluding hydrogens is 266 g/mol. The third kappa shape index (κ3) is 3.58. The summed E-state index contributed by atoms with van der Waals surface area (Å²) in [5.41, 5.74) is 1.71. The van der Waals surface area contributed by atoms with E-state index in [1.807, 2.05) is 19.2 Å². The van der Waals surface area contributed by atoms with Crippen LogP contribution in [0.15, 0.2) is 23.6 Å². The van der Waals surface area contributed by atoms with Crippen LogP contribution in [0.3, 0.4) is 0 Å². The topological polar surface area (TPSA) is 24.9 Å². The van der Waals surface area contributed by atoms with Crippen molar-refractivity contribution in [1.29, 1.82) is 0 Å². The Morgan fingerprint density at radius 3 is 2.68 bits per heavy atom. The minimum atomic E-state index is -0.812. The average Bonchev–Trinajstić information content (AvgIpc) is 2.80. The largest absolute Gasteiger partial charge is 0.309 e. The molecule has 0 saturated carbocycles. The lowest BCUT2D eigenvalue weighted by molar-refractivity contribution is 0.501. The molecule has 2 rings (SSSR count). The minimum absolute atomic E-state index is 0.0276. The standard InChI is InChI=1S/C14H16F2N2S/c1-3-17-13(14-8-19-9(2)18-14)7-10-4-5-11(15)12(16)6-10/h4-6,8,13,17H,3,7H2,1-2H3. The second kappa shape index (κ2) is 6.21. The van der Waals surface area contributed by atoms with Gasteiger partial charge in [0.15, 0.2) is 11.6 Å². The van der Waals surface area contributed by atoms with Crippen molar-refractivity contribution in [2.75, 3.05) is 6.54 Å². The van der Waals surface area contributed by atoms with Crippen molar-refractivity contribution >= 4 is 11.3 Å². The molecule has 0 aliphatic rings. The lowest BCUT2D eigenvalue weighted by atomic mass is 10.0. The molecule has 0 saturated heterocycles. The van der Waals surface area contributed by atoms with Crippen LogP contribution in [-0.2, 0) is 6.42 Å². The van der Waals surface area contributed by atoms with Gasteiger partial charge in [-0.05, 0) is 37.6 Å². The van der Waals surface area contributed by atoms with E-state index in [1.165, 1.54) is 12.1 Å². The first-order chi connectivity index (χ1) is 9.10. The number of nitrogens with one attached hydrogen (secondary N) is 1. The van der Waals surface area contributed by atoms with Gasteiger partial charge in [-0.3, -0.25) is 0 Å². The Kier molecular flexibility index (Phi) is 4.61. The zero-order chi connectivity index (χ0) is 13.8. The van der Waals surface area contributed by atoms with Crippen LogP contribution in [0.4, 0.5) is 8.78 Å². The number of hydrogen-bond acceptors (Lipinski definition) is 3. The van der Waals surface area contributed by atoms with Crippen molar-refractivity contribution in [3.05, 3.63) is 51.5 Å². The number of aryl methyl sites for hydroxylation is 1. The average molecular weight is 282 g/mol. The van der Waals surface area contributed by atoms with E-state index in [1.54, 1.807) is 17.4 Å². The van der Waals surface area contributed by atoms with Gasteiger partial charge < -0.3 is 5.32 Å². The monoisotopic (exact) mass is 282 g/mol. The van der Waals surface area contributed by atoms with Crippen molar-refractivity contribution in [2.45, 2.75) is 26.3 Å². The summed E-state index contributed by atoms with van der Waals surface area (Å²) in [5.74, 6) is -1.62. The second-order valence-electron chi connectivity index (χ2n) is 4.35. The van der Waals surface area contributed by atoms with Gasteiger partial charge in [-0.15, -0.1) is 11.3 Å². The van der Waals surface area contributed by atoms with Crippen LogP contribution < -0.4 is 5.32 Å². The first-order valence-electron chi connectivity index (χ1n) is 6.19. The van der Waals surface area contributed by atoms with Gasteiger partial charge in [-0.1, -0.05) is 13.0 Å². The van der Waals surface area contributed by atoms with Crippen LogP contribution >= 0.6 is 11.3 Å². The summed E-state index contributed by atoms with van der Waals surface area (Å²) >= 11 is 1.59. The van der Waals surface area contributed by atoms with E-state index in [0.717, 1.165) is 22.8 Å². The van der Waals surface area contributed by atoms with E-state index in [2.05, 4.69) is 10.3 Å². The fourth-order valence-electron chi connectivity index (χ4n) is 1.97. The molecule has 1 aromatic carbocycles. The summed E-state index contributed by atoms with van der Waals surface area (Å²) in [6, 6.07) is 4.06. The molecule has 0 amide bonds. The summed E-state index contributed by atoms with van der Waals surface area (Å²) in [6.07, 6.45) is 0.591. The Morgan fingerprint density at radius 2 is 2.11 bits per heavy atom. The number of hydrogen-bond donors (Lipinski definition) is 1. The number of benzene rings is 1. The number of rotatable bonds is 5. The van der Waals surface area contributed by atoms with Gasteiger partial charge in [-0.25, -0.2) is 13.8 Å². The van der Waals surface area contributed by atoms with Gasteiger partial charge in [0, 0.05) is 5.38 Å². The number of nitrogens with zero attached hydrogens (tertiary/aromatic N) is 1. The van der Waals surface area contributed by atoms with Gasteiger partial charge in [0.25, 0.3) is 0 Å². The molecule has 2 aromatic rings. The molecule has 19 heavy (non-hydrogen) atoms. The number of aromatic nitrogens is 1. The molecule has 102 valence electrons. The first-order valence-corrected chi connectivity index (χ1v) is 7.07. The van der Waals surface area contributed by atoms with Crippen LogP contribution in [0.1, 0.15) is 29.2 Å². The molecule has 2 nitrogen and oxygen atoms in total. The first kappa shape index (κ1) is 14.1. The van der Waals surface area contributed by atoms with E-state index in [4.69, 9.17) is 0 Å². The third-order valence-corrected chi connectivity index (χ3v) is 3.66. The molecular formula is C14H16F2N2S. The molecule has 0 spiro atoms. The molecule has 1 N–H and O–H groups in total. The molecule has 0 bridgehead atoms. The zero-order valence-corrected chi connectivity index (χ0v) is 11.7. The fraction of sp³-hybridized carbons (Fsp3) is 0.357. The Labute approximate surface area is 115 Å². The Morgan fingerprint density at radius 1 is 1.32 bits per heavy atom. The summed E-state index contributed by atoms with van der Waals surface area (Å²) in [6.45, 7) is 4.76. The smallest absolute Gasteiger partial charge is 0.159 e. The van der Waals surface area contributed by atoms with Gasteiger partial charge >= 0.3 is 0 Å². The van der Waals surface area contributed by atoms with Crippen LogP contribution in [0.2, 0.25) is 0 Å². The summed E-state index contributed by atoms with van der Waals surface area (Å²) in [4.78, 5) is 4.45.